The van der Waals surface area contributed by atoms with Gasteiger partial charge in [-0.2, -0.15) is 0 Å². The zero-order valence-electron chi connectivity index (χ0n) is 19.0. The highest BCUT2D eigenvalue weighted by Crippen LogP contribution is 2.23. The van der Waals surface area contributed by atoms with E-state index in [4.69, 9.17) is 10.5 Å². The van der Waals surface area contributed by atoms with Gasteiger partial charge in [0.25, 0.3) is 11.8 Å². The van der Waals surface area contributed by atoms with Crippen LogP contribution in [0, 0.1) is 11.6 Å². The molecule has 4 rings (SSSR count). The van der Waals surface area contributed by atoms with Crippen LogP contribution in [0.3, 0.4) is 0 Å². The molecule has 1 saturated heterocycles. The molecule has 1 atom stereocenters. The van der Waals surface area contributed by atoms with E-state index in [-0.39, 0.29) is 31.0 Å². The minimum atomic E-state index is -0.911. The number of carbonyl (C=O) groups excluding carboxylic acids is 2. The van der Waals surface area contributed by atoms with Crippen molar-refractivity contribution in [3.8, 4) is 0 Å². The zero-order chi connectivity index (χ0) is 25.1. The summed E-state index contributed by atoms with van der Waals surface area (Å²) in [6.45, 7) is 1.43. The lowest BCUT2D eigenvalue weighted by Gasteiger charge is -2.39. The Morgan fingerprint density at radius 3 is 2.46 bits per heavy atom. The average molecular weight is 485 g/mol. The summed E-state index contributed by atoms with van der Waals surface area (Å²) >= 11 is 0. The number of aliphatic imine (C=N–C) groups is 1. The Labute approximate surface area is 200 Å². The van der Waals surface area contributed by atoms with Crippen molar-refractivity contribution in [2.24, 2.45) is 10.7 Å². The third-order valence-corrected chi connectivity index (χ3v) is 5.87. The van der Waals surface area contributed by atoms with Gasteiger partial charge in [0.05, 0.1) is 12.6 Å². The van der Waals surface area contributed by atoms with Crippen molar-refractivity contribution in [1.82, 2.24) is 9.80 Å². The van der Waals surface area contributed by atoms with E-state index in [0.717, 1.165) is 12.1 Å². The first-order valence-corrected chi connectivity index (χ1v) is 10.9. The number of benzene rings is 2. The van der Waals surface area contributed by atoms with Gasteiger partial charge in [-0.15, -0.1) is 0 Å². The Hall–Kier alpha value is -3.83. The molecule has 0 aromatic heterocycles. The molecule has 0 bridgehead atoms. The number of aliphatic hydroxyl groups excluding tert-OH is 1. The highest BCUT2D eigenvalue weighted by molar-refractivity contribution is 6.01. The number of ether oxygens (including phenoxy) is 1. The van der Waals surface area contributed by atoms with E-state index in [9.17, 15) is 23.5 Å². The molecule has 1 unspecified atom stereocenters. The minimum absolute atomic E-state index is 0.134. The Kier molecular flexibility index (Phi) is 7.08. The summed E-state index contributed by atoms with van der Waals surface area (Å²) in [5.74, 6) is -3.32. The van der Waals surface area contributed by atoms with E-state index in [0.29, 0.717) is 30.9 Å². The molecule has 3 N–H and O–H groups in total. The lowest BCUT2D eigenvalue weighted by Crippen LogP contribution is -2.55. The number of anilines is 1. The predicted octanol–water partition coefficient (Wildman–Crippen LogP) is 1.28. The first-order chi connectivity index (χ1) is 16.8. The van der Waals surface area contributed by atoms with Gasteiger partial charge in [-0.05, 0) is 43.4 Å². The molecule has 2 aromatic carbocycles. The van der Waals surface area contributed by atoms with Crippen LogP contribution in [0.4, 0.5) is 14.5 Å². The van der Waals surface area contributed by atoms with Crippen LogP contribution in [-0.2, 0) is 9.53 Å². The van der Waals surface area contributed by atoms with Crippen molar-refractivity contribution >= 4 is 23.4 Å². The summed E-state index contributed by atoms with van der Waals surface area (Å²) in [5.41, 5.74) is 5.61. The van der Waals surface area contributed by atoms with Crippen LogP contribution in [0.5, 0.6) is 0 Å². The Balaban J connectivity index is 1.56. The van der Waals surface area contributed by atoms with Crippen LogP contribution in [-0.4, -0.2) is 78.7 Å². The second-order valence-electron chi connectivity index (χ2n) is 8.28. The predicted molar refractivity (Wildman–Crippen MR) is 124 cm³/mol. The summed E-state index contributed by atoms with van der Waals surface area (Å²) in [5, 5.41) is 9.68. The highest BCUT2D eigenvalue weighted by Gasteiger charge is 2.29. The number of piperazine rings is 1. The number of likely N-dealkylation sites (N-methyl/N-ethyl adjacent to an activating group) is 1. The van der Waals surface area contributed by atoms with Crippen molar-refractivity contribution < 1.29 is 28.2 Å². The van der Waals surface area contributed by atoms with Crippen molar-refractivity contribution in [3.05, 3.63) is 77.1 Å². The summed E-state index contributed by atoms with van der Waals surface area (Å²) < 4.78 is 34.1. The normalized spacial score (nSPS) is 18.9. The van der Waals surface area contributed by atoms with E-state index < -0.39 is 29.0 Å². The molecule has 9 nitrogen and oxygen atoms in total. The second kappa shape index (κ2) is 10.2. The number of nitrogens with two attached hydrogens (primary N) is 1. The maximum atomic E-state index is 14.3. The number of aliphatic hydroxyl groups is 1. The molecular formula is C24H25F2N5O4. The molecule has 1 fully saturated rings. The average Bonchev–Trinajstić information content (AvgIpc) is 3.07. The fourth-order valence-corrected chi connectivity index (χ4v) is 3.98. The zero-order valence-corrected chi connectivity index (χ0v) is 19.0. The summed E-state index contributed by atoms with van der Waals surface area (Å²) in [6, 6.07) is 9.54. The molecule has 35 heavy (non-hydrogen) atoms. The van der Waals surface area contributed by atoms with Crippen molar-refractivity contribution in [3.63, 3.8) is 0 Å². The molecule has 2 aliphatic rings. The van der Waals surface area contributed by atoms with Gasteiger partial charge in [0.1, 0.15) is 22.9 Å². The smallest absolute Gasteiger partial charge is 0.268 e. The number of halogens is 2. The van der Waals surface area contributed by atoms with E-state index in [1.54, 1.807) is 29.2 Å². The van der Waals surface area contributed by atoms with E-state index in [1.807, 2.05) is 7.05 Å². The van der Waals surface area contributed by atoms with Gasteiger partial charge in [-0.25, -0.2) is 13.8 Å². The molecule has 0 radical (unpaired) electrons. The molecule has 2 aromatic rings. The fourth-order valence-electron chi connectivity index (χ4n) is 3.98. The molecule has 0 aliphatic carbocycles. The number of carbonyl (C=O) groups is 2. The molecule has 2 heterocycles. The van der Waals surface area contributed by atoms with Crippen LogP contribution >= 0.6 is 0 Å². The number of hydrogen-bond acceptors (Lipinski definition) is 7. The van der Waals surface area contributed by atoms with E-state index in [2.05, 4.69) is 9.89 Å². The van der Waals surface area contributed by atoms with Gasteiger partial charge in [0, 0.05) is 37.1 Å². The number of hydrogen-bond donors (Lipinski definition) is 2. The Bertz CT molecular complexity index is 1160. The largest absolute Gasteiger partial charge is 0.455 e. The maximum absolute atomic E-state index is 14.3. The van der Waals surface area contributed by atoms with Crippen molar-refractivity contribution in [2.45, 2.75) is 6.04 Å². The molecule has 2 amide bonds. The molecule has 0 spiro atoms. The number of rotatable bonds is 5. The molecule has 2 aliphatic heterocycles. The molecule has 0 saturated carbocycles. The Morgan fingerprint density at radius 2 is 1.83 bits per heavy atom. The second-order valence-corrected chi connectivity index (χ2v) is 8.28. The summed E-state index contributed by atoms with van der Waals surface area (Å²) in [6.07, 6.45) is 1.31. The van der Waals surface area contributed by atoms with Crippen molar-refractivity contribution in [2.75, 3.05) is 44.9 Å². The quantitative estimate of drug-likeness (QED) is 0.660. The number of nitrogens with zero attached hydrogens (tertiary/aromatic N) is 4. The van der Waals surface area contributed by atoms with Crippen LogP contribution in [0.25, 0.3) is 0 Å². The summed E-state index contributed by atoms with van der Waals surface area (Å²) in [7, 11) is 1.94. The molecular weight excluding hydrogens is 460 g/mol. The number of primary amides is 1. The molecule has 11 heteroatoms. The van der Waals surface area contributed by atoms with Crippen LogP contribution < -0.4 is 10.6 Å². The number of amides is 2. The fraction of sp³-hybridized carbons (Fsp3) is 0.292. The highest BCUT2D eigenvalue weighted by atomic mass is 19.1. The van der Waals surface area contributed by atoms with Crippen LogP contribution in [0.15, 0.2) is 59.4 Å². The standard InChI is InChI=1S/C24H25F2N5O4/c1-29-9-10-31(17(11-29)13-32)24(34)15-5-7-16(8-6-15)30-12-20(22(27)33)28-23(35-14-30)21-18(25)3-2-4-19(21)26/h2-8,12,17,32H,9-11,13-14H2,1H3,(H2,27,33). The van der Waals surface area contributed by atoms with E-state index in [1.165, 1.54) is 17.2 Å². The van der Waals surface area contributed by atoms with Gasteiger partial charge < -0.3 is 30.3 Å². The van der Waals surface area contributed by atoms with E-state index >= 15 is 0 Å². The van der Waals surface area contributed by atoms with Gasteiger partial charge >= 0.3 is 0 Å². The van der Waals surface area contributed by atoms with Gasteiger partial charge in [0.2, 0.25) is 5.90 Å². The lowest BCUT2D eigenvalue weighted by atomic mass is 10.1. The maximum Gasteiger partial charge on any atom is 0.268 e. The van der Waals surface area contributed by atoms with Crippen LogP contribution in [0.2, 0.25) is 0 Å². The third-order valence-electron chi connectivity index (χ3n) is 5.87. The minimum Gasteiger partial charge on any atom is -0.455 e. The van der Waals surface area contributed by atoms with Gasteiger partial charge in [-0.3, -0.25) is 9.59 Å². The monoisotopic (exact) mass is 485 g/mol. The van der Waals surface area contributed by atoms with Crippen LogP contribution in [0.1, 0.15) is 15.9 Å². The topological polar surface area (TPSA) is 112 Å². The lowest BCUT2D eigenvalue weighted by molar-refractivity contribution is -0.114. The first kappa shape index (κ1) is 24.3. The van der Waals surface area contributed by atoms with Crippen molar-refractivity contribution in [1.29, 1.82) is 0 Å². The Morgan fingerprint density at radius 1 is 1.14 bits per heavy atom. The first-order valence-electron chi connectivity index (χ1n) is 10.9. The SMILES string of the molecule is CN1CCN(C(=O)c2ccc(N3C=C(C(N)=O)N=C(c4c(F)cccc4F)OC3)cc2)C(CO)C1. The van der Waals surface area contributed by atoms with Gasteiger partial charge in [-0.1, -0.05) is 6.07 Å². The molecule has 184 valence electrons. The van der Waals surface area contributed by atoms with Gasteiger partial charge in [0.15, 0.2) is 6.73 Å². The third kappa shape index (κ3) is 5.15. The summed E-state index contributed by atoms with van der Waals surface area (Å²) in [4.78, 5) is 34.1.